The Balaban J connectivity index is 1.74. The first-order valence-corrected chi connectivity index (χ1v) is 7.66. The third-order valence-electron chi connectivity index (χ3n) is 3.16. The van der Waals surface area contributed by atoms with E-state index in [-0.39, 0.29) is 11.3 Å². The second kappa shape index (κ2) is 8.21. The summed E-state index contributed by atoms with van der Waals surface area (Å²) in [7, 11) is 0. The highest BCUT2D eigenvalue weighted by atomic mass is 35.5. The maximum absolute atomic E-state index is 5.85. The minimum atomic E-state index is 0.160. The van der Waals surface area contributed by atoms with E-state index in [0.29, 0.717) is 12.6 Å². The van der Waals surface area contributed by atoms with Crippen LogP contribution in [0.5, 0.6) is 6.01 Å². The molecule has 1 aliphatic rings. The van der Waals surface area contributed by atoms with Crippen LogP contribution < -0.4 is 10.1 Å². The molecule has 0 saturated carbocycles. The van der Waals surface area contributed by atoms with E-state index in [1.165, 1.54) is 25.9 Å². The molecule has 1 aliphatic heterocycles. The summed E-state index contributed by atoms with van der Waals surface area (Å²) in [6, 6.07) is 0.286. The zero-order valence-corrected chi connectivity index (χ0v) is 12.7. The van der Waals surface area contributed by atoms with Crippen molar-refractivity contribution in [3.8, 4) is 6.01 Å². The third-order valence-corrected chi connectivity index (χ3v) is 3.32. The molecule has 0 bridgehead atoms. The van der Waals surface area contributed by atoms with Crippen molar-refractivity contribution in [3.63, 3.8) is 0 Å². The number of anilines is 1. The molecule has 1 aromatic rings. The van der Waals surface area contributed by atoms with Gasteiger partial charge in [0.15, 0.2) is 0 Å². The largest absolute Gasteiger partial charge is 0.463 e. The second-order valence-corrected chi connectivity index (χ2v) is 5.23. The highest BCUT2D eigenvalue weighted by molar-refractivity contribution is 6.28. The first-order chi connectivity index (χ1) is 9.78. The average Bonchev–Trinajstić information content (AvgIpc) is 2.94. The van der Waals surface area contributed by atoms with Crippen LogP contribution in [0.15, 0.2) is 0 Å². The lowest BCUT2D eigenvalue weighted by molar-refractivity contribution is 0.291. The van der Waals surface area contributed by atoms with E-state index in [1.807, 2.05) is 6.92 Å². The summed E-state index contributed by atoms with van der Waals surface area (Å²) < 4.78 is 5.37. The highest BCUT2D eigenvalue weighted by Crippen LogP contribution is 2.12. The van der Waals surface area contributed by atoms with Crippen LogP contribution in [-0.4, -0.2) is 52.6 Å². The first kappa shape index (κ1) is 15.3. The zero-order chi connectivity index (χ0) is 14.2. The van der Waals surface area contributed by atoms with E-state index >= 15 is 0 Å². The van der Waals surface area contributed by atoms with E-state index in [1.54, 1.807) is 0 Å². The van der Waals surface area contributed by atoms with E-state index in [9.17, 15) is 0 Å². The molecule has 6 nitrogen and oxygen atoms in total. The molecular formula is C13H22ClN5O. The number of likely N-dealkylation sites (tertiary alicyclic amines) is 1. The fraction of sp³-hybridized carbons (Fsp3) is 0.769. The van der Waals surface area contributed by atoms with Crippen LogP contribution >= 0.6 is 11.6 Å². The maximum Gasteiger partial charge on any atom is 0.322 e. The molecule has 1 aromatic heterocycles. The molecule has 112 valence electrons. The number of hydrogen-bond acceptors (Lipinski definition) is 6. The maximum atomic E-state index is 5.85. The molecule has 0 aromatic carbocycles. The highest BCUT2D eigenvalue weighted by Gasteiger charge is 2.10. The Kier molecular flexibility index (Phi) is 6.26. The topological polar surface area (TPSA) is 63.2 Å². The SMILES string of the molecule is CCCOc1nc(Cl)nc(NCCCN2CCCC2)n1. The van der Waals surface area contributed by atoms with Crippen molar-refractivity contribution in [1.29, 1.82) is 0 Å². The van der Waals surface area contributed by atoms with Crippen LogP contribution in [0.4, 0.5) is 5.95 Å². The Hall–Kier alpha value is -1.14. The molecule has 1 saturated heterocycles. The summed E-state index contributed by atoms with van der Waals surface area (Å²) in [5.41, 5.74) is 0. The van der Waals surface area contributed by atoms with Gasteiger partial charge in [0, 0.05) is 6.54 Å². The molecule has 0 unspecified atom stereocenters. The molecule has 0 aliphatic carbocycles. The van der Waals surface area contributed by atoms with Crippen LogP contribution in [0, 0.1) is 0 Å². The minimum absolute atomic E-state index is 0.160. The predicted octanol–water partition coefficient (Wildman–Crippen LogP) is 2.21. The number of halogens is 1. The Morgan fingerprint density at radius 1 is 1.25 bits per heavy atom. The standard InChI is InChI=1S/C13H22ClN5O/c1-2-10-20-13-17-11(14)16-12(18-13)15-6-5-9-19-7-3-4-8-19/h2-10H2,1H3,(H,15,16,17,18). The van der Waals surface area contributed by atoms with Crippen molar-refractivity contribution >= 4 is 17.5 Å². The van der Waals surface area contributed by atoms with Gasteiger partial charge in [-0.3, -0.25) is 0 Å². The number of ether oxygens (including phenoxy) is 1. The summed E-state index contributed by atoms with van der Waals surface area (Å²) in [5, 5.41) is 3.33. The van der Waals surface area contributed by atoms with Gasteiger partial charge in [-0.25, -0.2) is 0 Å². The molecule has 0 radical (unpaired) electrons. The van der Waals surface area contributed by atoms with Crippen LogP contribution in [0.1, 0.15) is 32.6 Å². The predicted molar refractivity (Wildman–Crippen MR) is 79.4 cm³/mol. The molecule has 1 N–H and O–H groups in total. The smallest absolute Gasteiger partial charge is 0.322 e. The Labute approximate surface area is 124 Å². The van der Waals surface area contributed by atoms with E-state index in [0.717, 1.165) is 25.9 Å². The van der Waals surface area contributed by atoms with Crippen molar-refractivity contribution in [2.45, 2.75) is 32.6 Å². The van der Waals surface area contributed by atoms with Gasteiger partial charge in [-0.05, 0) is 56.9 Å². The summed E-state index contributed by atoms with van der Waals surface area (Å²) in [6.07, 6.45) is 4.62. The van der Waals surface area contributed by atoms with Crippen LogP contribution in [0.2, 0.25) is 5.28 Å². The van der Waals surface area contributed by atoms with Gasteiger partial charge in [0.25, 0.3) is 0 Å². The van der Waals surface area contributed by atoms with Crippen molar-refractivity contribution < 1.29 is 4.74 Å². The van der Waals surface area contributed by atoms with Gasteiger partial charge < -0.3 is 15.0 Å². The fourth-order valence-corrected chi connectivity index (χ4v) is 2.33. The van der Waals surface area contributed by atoms with Gasteiger partial charge in [-0.1, -0.05) is 6.92 Å². The molecule has 2 heterocycles. The molecule has 2 rings (SSSR count). The van der Waals surface area contributed by atoms with Gasteiger partial charge in [0.05, 0.1) is 6.61 Å². The van der Waals surface area contributed by atoms with Crippen LogP contribution in [0.3, 0.4) is 0 Å². The van der Waals surface area contributed by atoms with Crippen molar-refractivity contribution in [2.75, 3.05) is 38.1 Å². The van der Waals surface area contributed by atoms with E-state index in [2.05, 4.69) is 25.2 Å². The van der Waals surface area contributed by atoms with Gasteiger partial charge in [-0.15, -0.1) is 0 Å². The molecule has 20 heavy (non-hydrogen) atoms. The summed E-state index contributed by atoms with van der Waals surface area (Å²) in [4.78, 5) is 14.7. The molecule has 1 fully saturated rings. The Morgan fingerprint density at radius 3 is 2.80 bits per heavy atom. The summed E-state index contributed by atoms with van der Waals surface area (Å²) >= 11 is 5.85. The lowest BCUT2D eigenvalue weighted by Gasteiger charge is -2.14. The lowest BCUT2D eigenvalue weighted by atomic mass is 10.4. The van der Waals surface area contributed by atoms with E-state index < -0.39 is 0 Å². The normalized spacial score (nSPS) is 15.5. The zero-order valence-electron chi connectivity index (χ0n) is 11.9. The van der Waals surface area contributed by atoms with Gasteiger partial charge in [0.1, 0.15) is 0 Å². The summed E-state index contributed by atoms with van der Waals surface area (Å²) in [6.45, 7) is 7.00. The average molecular weight is 300 g/mol. The quantitative estimate of drug-likeness (QED) is 0.743. The second-order valence-electron chi connectivity index (χ2n) is 4.89. The fourth-order valence-electron chi connectivity index (χ4n) is 2.18. The van der Waals surface area contributed by atoms with Gasteiger partial charge >= 0.3 is 6.01 Å². The van der Waals surface area contributed by atoms with Gasteiger partial charge in [0.2, 0.25) is 11.2 Å². The molecule has 0 spiro atoms. The van der Waals surface area contributed by atoms with E-state index in [4.69, 9.17) is 16.3 Å². The van der Waals surface area contributed by atoms with Gasteiger partial charge in [-0.2, -0.15) is 15.0 Å². The third kappa shape index (κ3) is 5.09. The number of rotatable bonds is 8. The number of nitrogens with zero attached hydrogens (tertiary/aromatic N) is 4. The van der Waals surface area contributed by atoms with Crippen molar-refractivity contribution in [1.82, 2.24) is 19.9 Å². The monoisotopic (exact) mass is 299 g/mol. The summed E-state index contributed by atoms with van der Waals surface area (Å²) in [5.74, 6) is 0.484. The molecular weight excluding hydrogens is 278 g/mol. The number of nitrogens with one attached hydrogen (secondary N) is 1. The van der Waals surface area contributed by atoms with Crippen LogP contribution in [-0.2, 0) is 0 Å². The van der Waals surface area contributed by atoms with Crippen LogP contribution in [0.25, 0.3) is 0 Å². The molecule has 0 atom stereocenters. The lowest BCUT2D eigenvalue weighted by Crippen LogP contribution is -2.22. The Bertz CT molecular complexity index is 412. The number of aromatic nitrogens is 3. The molecule has 7 heteroatoms. The first-order valence-electron chi connectivity index (χ1n) is 7.28. The number of hydrogen-bond donors (Lipinski definition) is 1. The molecule has 0 amide bonds. The minimum Gasteiger partial charge on any atom is -0.463 e. The Morgan fingerprint density at radius 2 is 2.05 bits per heavy atom. The van der Waals surface area contributed by atoms with Crippen molar-refractivity contribution in [3.05, 3.63) is 5.28 Å². The van der Waals surface area contributed by atoms with Crippen molar-refractivity contribution in [2.24, 2.45) is 0 Å².